The molecule has 2 unspecified atom stereocenters. The van der Waals surface area contributed by atoms with Gasteiger partial charge in [-0.25, -0.2) is 0 Å². The molecule has 1 saturated heterocycles. The minimum absolute atomic E-state index is 0.394. The van der Waals surface area contributed by atoms with Gasteiger partial charge in [0.15, 0.2) is 0 Å². The van der Waals surface area contributed by atoms with Gasteiger partial charge in [-0.3, -0.25) is 9.88 Å². The summed E-state index contributed by atoms with van der Waals surface area (Å²) in [7, 11) is 0. The highest BCUT2D eigenvalue weighted by atomic mass is 15.2. The predicted octanol–water partition coefficient (Wildman–Crippen LogP) is 2.85. The first kappa shape index (κ1) is 14.5. The Bertz CT molecular complexity index is 358. The van der Waals surface area contributed by atoms with E-state index in [-0.39, 0.29) is 0 Å². The zero-order chi connectivity index (χ0) is 13.7. The Labute approximate surface area is 117 Å². The molecule has 0 radical (unpaired) electrons. The van der Waals surface area contributed by atoms with Crippen LogP contribution in [-0.4, -0.2) is 35.6 Å². The fourth-order valence-electron chi connectivity index (χ4n) is 2.87. The van der Waals surface area contributed by atoms with Crippen molar-refractivity contribution in [2.75, 3.05) is 19.6 Å². The zero-order valence-electron chi connectivity index (χ0n) is 12.5. The average molecular weight is 261 g/mol. The summed E-state index contributed by atoms with van der Waals surface area (Å²) in [5.41, 5.74) is 1.18. The third-order valence-corrected chi connectivity index (χ3v) is 3.88. The van der Waals surface area contributed by atoms with Crippen LogP contribution in [0, 0.1) is 5.92 Å². The lowest BCUT2D eigenvalue weighted by atomic mass is 10.1. The maximum Gasteiger partial charge on any atom is 0.0572 e. The van der Waals surface area contributed by atoms with Crippen LogP contribution in [0.25, 0.3) is 0 Å². The van der Waals surface area contributed by atoms with Gasteiger partial charge in [-0.1, -0.05) is 19.9 Å². The molecule has 1 fully saturated rings. The van der Waals surface area contributed by atoms with Crippen molar-refractivity contribution < 1.29 is 0 Å². The van der Waals surface area contributed by atoms with E-state index in [2.05, 4.69) is 48.1 Å². The Kier molecular flexibility index (Phi) is 5.34. The van der Waals surface area contributed by atoms with E-state index in [1.807, 2.05) is 12.3 Å². The molecule has 0 bridgehead atoms. The average Bonchev–Trinajstić information content (AvgIpc) is 2.90. The highest BCUT2D eigenvalue weighted by Crippen LogP contribution is 2.21. The molecule has 2 atom stereocenters. The van der Waals surface area contributed by atoms with Gasteiger partial charge < -0.3 is 5.32 Å². The topological polar surface area (TPSA) is 28.2 Å². The van der Waals surface area contributed by atoms with E-state index < -0.39 is 0 Å². The van der Waals surface area contributed by atoms with Gasteiger partial charge in [-0.15, -0.1) is 0 Å². The van der Waals surface area contributed by atoms with E-state index in [0.29, 0.717) is 18.0 Å². The standard InChI is InChI=1S/C16H27N3/c1-13(2)11-19(12-15-7-6-10-17-15)14(3)16-8-4-5-9-18-16/h4-5,8-9,13-15,17H,6-7,10-12H2,1-3H3. The summed E-state index contributed by atoms with van der Waals surface area (Å²) in [5.74, 6) is 0.688. The molecule has 1 aliphatic rings. The number of pyridine rings is 1. The van der Waals surface area contributed by atoms with E-state index in [1.54, 1.807) is 0 Å². The van der Waals surface area contributed by atoms with E-state index in [1.165, 1.54) is 25.1 Å². The summed E-state index contributed by atoms with van der Waals surface area (Å²) in [6.07, 6.45) is 4.52. The number of hydrogen-bond acceptors (Lipinski definition) is 3. The number of nitrogens with zero attached hydrogens (tertiary/aromatic N) is 2. The summed E-state index contributed by atoms with van der Waals surface area (Å²) in [4.78, 5) is 7.10. The number of rotatable bonds is 6. The molecule has 0 saturated carbocycles. The third-order valence-electron chi connectivity index (χ3n) is 3.88. The van der Waals surface area contributed by atoms with Crippen LogP contribution in [0.3, 0.4) is 0 Å². The predicted molar refractivity (Wildman–Crippen MR) is 80.1 cm³/mol. The molecular formula is C16H27N3. The molecule has 106 valence electrons. The van der Waals surface area contributed by atoms with Crippen molar-refractivity contribution in [3.63, 3.8) is 0 Å². The lowest BCUT2D eigenvalue weighted by molar-refractivity contribution is 0.169. The zero-order valence-corrected chi connectivity index (χ0v) is 12.5. The fourth-order valence-corrected chi connectivity index (χ4v) is 2.87. The lowest BCUT2D eigenvalue weighted by Crippen LogP contribution is -2.40. The van der Waals surface area contributed by atoms with Crippen molar-refractivity contribution in [1.82, 2.24) is 15.2 Å². The van der Waals surface area contributed by atoms with Gasteiger partial charge in [-0.05, 0) is 44.4 Å². The molecule has 2 rings (SSSR count). The van der Waals surface area contributed by atoms with Crippen molar-refractivity contribution >= 4 is 0 Å². The van der Waals surface area contributed by atoms with Crippen LogP contribution in [-0.2, 0) is 0 Å². The molecule has 0 aromatic carbocycles. The van der Waals surface area contributed by atoms with Crippen LogP contribution in [0.15, 0.2) is 24.4 Å². The first-order chi connectivity index (χ1) is 9.16. The molecular weight excluding hydrogens is 234 g/mol. The molecule has 3 nitrogen and oxygen atoms in total. The SMILES string of the molecule is CC(C)CN(CC1CCCN1)C(C)c1ccccn1. The maximum absolute atomic E-state index is 4.52. The smallest absolute Gasteiger partial charge is 0.0572 e. The van der Waals surface area contributed by atoms with Crippen molar-refractivity contribution in [3.05, 3.63) is 30.1 Å². The molecule has 19 heavy (non-hydrogen) atoms. The van der Waals surface area contributed by atoms with Gasteiger partial charge in [0.05, 0.1) is 5.69 Å². The van der Waals surface area contributed by atoms with Crippen LogP contribution in [0.5, 0.6) is 0 Å². The number of aromatic nitrogens is 1. The summed E-state index contributed by atoms with van der Waals surface area (Å²) in [6.45, 7) is 10.3. The molecule has 3 heteroatoms. The van der Waals surface area contributed by atoms with E-state index in [0.717, 1.165) is 13.1 Å². The molecule has 1 aromatic rings. The molecule has 1 aliphatic heterocycles. The van der Waals surface area contributed by atoms with Crippen LogP contribution >= 0.6 is 0 Å². The first-order valence-corrected chi connectivity index (χ1v) is 7.55. The van der Waals surface area contributed by atoms with E-state index in [4.69, 9.17) is 0 Å². The van der Waals surface area contributed by atoms with E-state index >= 15 is 0 Å². The first-order valence-electron chi connectivity index (χ1n) is 7.55. The van der Waals surface area contributed by atoms with Crippen molar-refractivity contribution in [2.24, 2.45) is 5.92 Å². The normalized spacial score (nSPS) is 21.2. The number of nitrogens with one attached hydrogen (secondary N) is 1. The second kappa shape index (κ2) is 7.01. The summed E-state index contributed by atoms with van der Waals surface area (Å²) >= 11 is 0. The third kappa shape index (κ3) is 4.29. The van der Waals surface area contributed by atoms with Gasteiger partial charge in [0.1, 0.15) is 0 Å². The van der Waals surface area contributed by atoms with Crippen molar-refractivity contribution in [1.29, 1.82) is 0 Å². The Morgan fingerprint density at radius 1 is 1.37 bits per heavy atom. The van der Waals surface area contributed by atoms with Gasteiger partial charge >= 0.3 is 0 Å². The van der Waals surface area contributed by atoms with Gasteiger partial charge in [-0.2, -0.15) is 0 Å². The Hall–Kier alpha value is -0.930. The highest BCUT2D eigenvalue weighted by Gasteiger charge is 2.23. The molecule has 0 spiro atoms. The van der Waals surface area contributed by atoms with Gasteiger partial charge in [0.2, 0.25) is 0 Å². The van der Waals surface area contributed by atoms with Crippen molar-refractivity contribution in [3.8, 4) is 0 Å². The number of hydrogen-bond donors (Lipinski definition) is 1. The molecule has 0 aliphatic carbocycles. The minimum Gasteiger partial charge on any atom is -0.313 e. The fraction of sp³-hybridized carbons (Fsp3) is 0.688. The largest absolute Gasteiger partial charge is 0.313 e. The van der Waals surface area contributed by atoms with E-state index in [9.17, 15) is 0 Å². The quantitative estimate of drug-likeness (QED) is 0.853. The Morgan fingerprint density at radius 2 is 2.21 bits per heavy atom. The summed E-state index contributed by atoms with van der Waals surface area (Å²) < 4.78 is 0. The summed E-state index contributed by atoms with van der Waals surface area (Å²) in [6, 6.07) is 7.26. The Morgan fingerprint density at radius 3 is 2.79 bits per heavy atom. The van der Waals surface area contributed by atoms with Gasteiger partial charge in [0, 0.05) is 31.4 Å². The second-order valence-electron chi connectivity index (χ2n) is 6.07. The maximum atomic E-state index is 4.52. The van der Waals surface area contributed by atoms with Crippen LogP contribution in [0.1, 0.15) is 45.3 Å². The summed E-state index contributed by atoms with van der Waals surface area (Å²) in [5, 5.41) is 3.60. The van der Waals surface area contributed by atoms with Gasteiger partial charge in [0.25, 0.3) is 0 Å². The lowest BCUT2D eigenvalue weighted by Gasteiger charge is -2.32. The highest BCUT2D eigenvalue weighted by molar-refractivity contribution is 5.08. The molecule has 2 heterocycles. The van der Waals surface area contributed by atoms with Crippen LogP contribution < -0.4 is 5.32 Å². The van der Waals surface area contributed by atoms with Crippen LogP contribution in [0.2, 0.25) is 0 Å². The van der Waals surface area contributed by atoms with Crippen molar-refractivity contribution in [2.45, 2.75) is 45.7 Å². The molecule has 0 amide bonds. The molecule has 1 aromatic heterocycles. The Balaban J connectivity index is 2.03. The minimum atomic E-state index is 0.394. The monoisotopic (exact) mass is 261 g/mol. The molecule has 1 N–H and O–H groups in total. The van der Waals surface area contributed by atoms with Crippen LogP contribution in [0.4, 0.5) is 0 Å². The second-order valence-corrected chi connectivity index (χ2v) is 6.07.